The number of hydrogen-bond donors (Lipinski definition) is 1. The van der Waals surface area contributed by atoms with Crippen molar-refractivity contribution < 1.29 is 13.6 Å². The molecule has 1 aliphatic heterocycles. The number of hydrogen-bond acceptors (Lipinski definition) is 2. The molecule has 1 heterocycles. The van der Waals surface area contributed by atoms with E-state index in [1.165, 1.54) is 4.90 Å². The van der Waals surface area contributed by atoms with Crippen LogP contribution in [0.3, 0.4) is 0 Å². The number of nitrogens with zero attached hydrogens (tertiary/aromatic N) is 1. The van der Waals surface area contributed by atoms with Gasteiger partial charge < -0.3 is 10.2 Å². The van der Waals surface area contributed by atoms with E-state index in [1.807, 2.05) is 6.92 Å². The van der Waals surface area contributed by atoms with E-state index in [4.69, 9.17) is 0 Å². The molecule has 0 saturated carbocycles. The lowest BCUT2D eigenvalue weighted by molar-refractivity contribution is -0.140. The highest BCUT2D eigenvalue weighted by Gasteiger charge is 2.30. The average molecular weight is 248 g/mol. The van der Waals surface area contributed by atoms with Gasteiger partial charge >= 0.3 is 0 Å². The van der Waals surface area contributed by atoms with Gasteiger partial charge in [0.05, 0.1) is 6.54 Å². The summed E-state index contributed by atoms with van der Waals surface area (Å²) < 4.78 is 24.9. The highest BCUT2D eigenvalue weighted by Crippen LogP contribution is 2.20. The smallest absolute Gasteiger partial charge is 0.255 e. The Morgan fingerprint density at radius 2 is 2.12 bits per heavy atom. The molecule has 3 nitrogen and oxygen atoms in total. The van der Waals surface area contributed by atoms with Gasteiger partial charge in [-0.3, -0.25) is 4.79 Å². The highest BCUT2D eigenvalue weighted by atomic mass is 19.3. The minimum atomic E-state index is -2.46. The largest absolute Gasteiger partial charge is 0.334 e. The maximum Gasteiger partial charge on any atom is 0.255 e. The highest BCUT2D eigenvalue weighted by molar-refractivity contribution is 5.79. The Morgan fingerprint density at radius 3 is 2.59 bits per heavy atom. The standard InChI is InChI=1S/C12H22F2N2O/c1-8(2)16(7-11(13)14)12(17)10-4-5-15-9(3)6-10/h8-11,15H,4-7H2,1-3H3/t9-,10-/m0/s1. The van der Waals surface area contributed by atoms with Crippen LogP contribution in [0.5, 0.6) is 0 Å². The predicted octanol–water partition coefficient (Wildman–Crippen LogP) is 1.88. The molecule has 0 aromatic carbocycles. The van der Waals surface area contributed by atoms with Crippen LogP contribution >= 0.6 is 0 Å². The Labute approximate surface area is 102 Å². The summed E-state index contributed by atoms with van der Waals surface area (Å²) in [7, 11) is 0. The van der Waals surface area contributed by atoms with Crippen LogP contribution in [-0.2, 0) is 4.79 Å². The first-order valence-electron chi connectivity index (χ1n) is 6.23. The second-order valence-corrected chi connectivity index (χ2v) is 5.05. The monoisotopic (exact) mass is 248 g/mol. The van der Waals surface area contributed by atoms with E-state index >= 15 is 0 Å². The van der Waals surface area contributed by atoms with E-state index in [0.29, 0.717) is 6.04 Å². The average Bonchev–Trinajstić information content (AvgIpc) is 2.24. The summed E-state index contributed by atoms with van der Waals surface area (Å²) in [6.45, 7) is 5.93. The molecule has 0 aromatic heterocycles. The molecule has 1 aliphatic rings. The Hall–Kier alpha value is -0.710. The van der Waals surface area contributed by atoms with Gasteiger partial charge in [-0.05, 0) is 40.2 Å². The van der Waals surface area contributed by atoms with E-state index < -0.39 is 13.0 Å². The van der Waals surface area contributed by atoms with Gasteiger partial charge in [-0.15, -0.1) is 0 Å². The lowest BCUT2D eigenvalue weighted by Gasteiger charge is -2.34. The molecule has 17 heavy (non-hydrogen) atoms. The van der Waals surface area contributed by atoms with Crippen LogP contribution in [0.2, 0.25) is 0 Å². The summed E-state index contributed by atoms with van der Waals surface area (Å²) in [5.74, 6) is -0.221. The SMILES string of the molecule is CC(C)N(CC(F)F)C(=O)[C@H]1CCN[C@@H](C)C1. The summed E-state index contributed by atoms with van der Waals surface area (Å²) >= 11 is 0. The van der Waals surface area contributed by atoms with Crippen LogP contribution in [0.25, 0.3) is 0 Å². The predicted molar refractivity (Wildman–Crippen MR) is 63.0 cm³/mol. The third kappa shape index (κ3) is 4.22. The number of nitrogens with one attached hydrogen (secondary N) is 1. The van der Waals surface area contributed by atoms with E-state index in [-0.39, 0.29) is 17.9 Å². The van der Waals surface area contributed by atoms with Crippen molar-refractivity contribution in [1.82, 2.24) is 10.2 Å². The Bertz CT molecular complexity index is 259. The summed E-state index contributed by atoms with van der Waals surface area (Å²) in [5, 5.41) is 3.26. The zero-order valence-electron chi connectivity index (χ0n) is 10.7. The molecule has 1 amide bonds. The minimum Gasteiger partial charge on any atom is -0.334 e. The molecular formula is C12H22F2N2O. The van der Waals surface area contributed by atoms with Crippen molar-refractivity contribution >= 4 is 5.91 Å². The molecule has 0 spiro atoms. The Morgan fingerprint density at radius 1 is 1.47 bits per heavy atom. The molecule has 1 fully saturated rings. The zero-order chi connectivity index (χ0) is 13.0. The summed E-state index contributed by atoms with van der Waals surface area (Å²) in [6.07, 6.45) is -0.971. The van der Waals surface area contributed by atoms with Crippen LogP contribution in [0.1, 0.15) is 33.6 Å². The molecule has 0 bridgehead atoms. The molecule has 0 unspecified atom stereocenters. The van der Waals surface area contributed by atoms with E-state index in [9.17, 15) is 13.6 Å². The topological polar surface area (TPSA) is 32.3 Å². The molecule has 5 heteroatoms. The van der Waals surface area contributed by atoms with Crippen LogP contribution in [0.4, 0.5) is 8.78 Å². The van der Waals surface area contributed by atoms with Crippen molar-refractivity contribution in [2.75, 3.05) is 13.1 Å². The van der Waals surface area contributed by atoms with Crippen molar-refractivity contribution in [2.24, 2.45) is 5.92 Å². The first kappa shape index (κ1) is 14.4. The van der Waals surface area contributed by atoms with Gasteiger partial charge in [-0.1, -0.05) is 0 Å². The van der Waals surface area contributed by atoms with Gasteiger partial charge in [-0.25, -0.2) is 8.78 Å². The first-order valence-corrected chi connectivity index (χ1v) is 6.23. The van der Waals surface area contributed by atoms with Crippen molar-refractivity contribution in [3.8, 4) is 0 Å². The number of halogens is 2. The van der Waals surface area contributed by atoms with Gasteiger partial charge in [0.25, 0.3) is 6.43 Å². The normalized spacial score (nSPS) is 25.4. The Balaban J connectivity index is 2.63. The lowest BCUT2D eigenvalue weighted by atomic mass is 9.91. The first-order chi connectivity index (χ1) is 7.91. The van der Waals surface area contributed by atoms with E-state index in [2.05, 4.69) is 5.32 Å². The molecule has 1 N–H and O–H groups in total. The summed E-state index contributed by atoms with van der Waals surface area (Å²) in [5.41, 5.74) is 0. The summed E-state index contributed by atoms with van der Waals surface area (Å²) in [6, 6.07) is 0.125. The Kier molecular flexibility index (Phi) is 5.31. The maximum absolute atomic E-state index is 12.4. The lowest BCUT2D eigenvalue weighted by Crippen LogP contribution is -2.47. The van der Waals surface area contributed by atoms with Crippen molar-refractivity contribution in [3.05, 3.63) is 0 Å². The molecular weight excluding hydrogens is 226 g/mol. The quantitative estimate of drug-likeness (QED) is 0.824. The van der Waals surface area contributed by atoms with E-state index in [0.717, 1.165) is 19.4 Å². The summed E-state index contributed by atoms with van der Waals surface area (Å²) in [4.78, 5) is 13.5. The zero-order valence-corrected chi connectivity index (χ0v) is 10.7. The number of rotatable bonds is 4. The van der Waals surface area contributed by atoms with Gasteiger partial charge in [0, 0.05) is 18.0 Å². The van der Waals surface area contributed by atoms with Crippen molar-refractivity contribution in [3.63, 3.8) is 0 Å². The number of alkyl halides is 2. The molecule has 1 saturated heterocycles. The number of carbonyl (C=O) groups excluding carboxylic acids is 1. The fourth-order valence-electron chi connectivity index (χ4n) is 2.29. The van der Waals surface area contributed by atoms with Crippen LogP contribution in [0.15, 0.2) is 0 Å². The number of piperidine rings is 1. The fourth-order valence-corrected chi connectivity index (χ4v) is 2.29. The third-order valence-corrected chi connectivity index (χ3v) is 3.21. The second kappa shape index (κ2) is 6.28. The van der Waals surface area contributed by atoms with Gasteiger partial charge in [0.1, 0.15) is 0 Å². The number of amides is 1. The van der Waals surface area contributed by atoms with Crippen molar-refractivity contribution in [1.29, 1.82) is 0 Å². The van der Waals surface area contributed by atoms with Crippen molar-refractivity contribution in [2.45, 2.75) is 52.1 Å². The third-order valence-electron chi connectivity index (χ3n) is 3.21. The molecule has 1 rings (SSSR count). The molecule has 2 atom stereocenters. The van der Waals surface area contributed by atoms with Gasteiger partial charge in [0.2, 0.25) is 5.91 Å². The maximum atomic E-state index is 12.4. The molecule has 100 valence electrons. The van der Waals surface area contributed by atoms with Crippen LogP contribution in [0, 0.1) is 5.92 Å². The van der Waals surface area contributed by atoms with E-state index in [1.54, 1.807) is 13.8 Å². The molecule has 0 aromatic rings. The number of carbonyl (C=O) groups is 1. The second-order valence-electron chi connectivity index (χ2n) is 5.05. The van der Waals surface area contributed by atoms with Gasteiger partial charge in [-0.2, -0.15) is 0 Å². The van der Waals surface area contributed by atoms with Crippen LogP contribution in [-0.4, -0.2) is 42.4 Å². The van der Waals surface area contributed by atoms with Gasteiger partial charge in [0.15, 0.2) is 0 Å². The molecule has 0 aliphatic carbocycles. The minimum absolute atomic E-state index is 0.104. The molecule has 0 radical (unpaired) electrons. The fraction of sp³-hybridized carbons (Fsp3) is 0.917. The van der Waals surface area contributed by atoms with Crippen LogP contribution < -0.4 is 5.32 Å².